The molecule has 0 atom stereocenters. The van der Waals surface area contributed by atoms with Gasteiger partial charge in [0.2, 0.25) is 5.91 Å². The Balaban J connectivity index is 1.21. The van der Waals surface area contributed by atoms with Gasteiger partial charge in [0, 0.05) is 25.3 Å². The van der Waals surface area contributed by atoms with Crippen molar-refractivity contribution in [3.63, 3.8) is 0 Å². The number of pyridine rings is 1. The summed E-state index contributed by atoms with van der Waals surface area (Å²) in [6.45, 7) is 1.15. The third-order valence-corrected chi connectivity index (χ3v) is 8.00. The number of amides is 2. The normalized spacial score (nSPS) is 16.7. The molecule has 3 aromatic rings. The molecule has 5 rings (SSSR count). The molecule has 9 heteroatoms. The zero-order chi connectivity index (χ0) is 28.2. The van der Waals surface area contributed by atoms with Gasteiger partial charge in [-0.05, 0) is 66.6 Å². The van der Waals surface area contributed by atoms with Gasteiger partial charge in [-0.15, -0.1) is 0 Å². The zero-order valence-electron chi connectivity index (χ0n) is 22.2. The van der Waals surface area contributed by atoms with Gasteiger partial charge in [0.1, 0.15) is 17.7 Å². The number of carbonyl (C=O) groups is 2. The standard InChI is InChI=1S/C31H33F3N4O2/c32-31(33,34)21-36-29(40)30(25-11-3-1-9-23(25)24-10-2-4-12-26(24)30)16-6-8-18-38-19-14-22(15-20-38)37-28(39)27-13-5-7-17-35-27/h1-5,7,9-13,17,22H,6,8,14-16,18-21H2,(H,36,40)(H,37,39). The Morgan fingerprint density at radius 3 is 2.12 bits per heavy atom. The van der Waals surface area contributed by atoms with E-state index in [0.29, 0.717) is 18.5 Å². The van der Waals surface area contributed by atoms with Crippen molar-refractivity contribution in [2.75, 3.05) is 26.2 Å². The molecule has 0 unspecified atom stereocenters. The number of nitrogens with zero attached hydrogens (tertiary/aromatic N) is 2. The second-order valence-corrected chi connectivity index (χ2v) is 10.6. The number of rotatable bonds is 9. The molecule has 0 radical (unpaired) electrons. The first-order chi connectivity index (χ1) is 19.3. The SMILES string of the molecule is O=C(NC1CCN(CCCCC2(C(=O)NCC(F)(F)F)c3ccccc3-c3ccccc32)CC1)c1ccccn1. The van der Waals surface area contributed by atoms with Crippen molar-refractivity contribution in [2.45, 2.75) is 49.7 Å². The average molecular weight is 551 g/mol. The fourth-order valence-electron chi connectivity index (χ4n) is 6.07. The summed E-state index contributed by atoms with van der Waals surface area (Å²) in [5, 5.41) is 5.26. The van der Waals surface area contributed by atoms with Gasteiger partial charge in [-0.1, -0.05) is 61.0 Å². The first-order valence-electron chi connectivity index (χ1n) is 13.8. The van der Waals surface area contributed by atoms with Gasteiger partial charge in [0.25, 0.3) is 5.91 Å². The molecule has 1 saturated heterocycles. The van der Waals surface area contributed by atoms with Crippen LogP contribution in [0.15, 0.2) is 72.9 Å². The maximum atomic E-state index is 13.6. The third kappa shape index (κ3) is 5.89. The minimum Gasteiger partial charge on any atom is -0.348 e. The number of carbonyl (C=O) groups excluding carboxylic acids is 2. The molecule has 40 heavy (non-hydrogen) atoms. The van der Waals surface area contributed by atoms with E-state index in [-0.39, 0.29) is 11.9 Å². The predicted molar refractivity (Wildman–Crippen MR) is 147 cm³/mol. The summed E-state index contributed by atoms with van der Waals surface area (Å²) in [5.41, 5.74) is 2.57. The van der Waals surface area contributed by atoms with Crippen LogP contribution in [0.2, 0.25) is 0 Å². The first-order valence-corrected chi connectivity index (χ1v) is 13.8. The molecular weight excluding hydrogens is 517 g/mol. The van der Waals surface area contributed by atoms with E-state index in [0.717, 1.165) is 61.2 Å². The molecule has 2 aromatic carbocycles. The van der Waals surface area contributed by atoms with Gasteiger partial charge in [0.15, 0.2) is 0 Å². The molecule has 0 spiro atoms. The Morgan fingerprint density at radius 2 is 1.52 bits per heavy atom. The molecule has 6 nitrogen and oxygen atoms in total. The van der Waals surface area contributed by atoms with E-state index in [1.54, 1.807) is 24.4 Å². The predicted octanol–water partition coefficient (Wildman–Crippen LogP) is 5.09. The van der Waals surface area contributed by atoms with Crippen molar-refractivity contribution in [3.8, 4) is 11.1 Å². The Kier molecular flexibility index (Phi) is 8.21. The lowest BCUT2D eigenvalue weighted by molar-refractivity contribution is -0.141. The van der Waals surface area contributed by atoms with Crippen LogP contribution in [0.4, 0.5) is 13.2 Å². The molecule has 2 heterocycles. The second kappa shape index (κ2) is 11.8. The van der Waals surface area contributed by atoms with Gasteiger partial charge in [0.05, 0.1) is 0 Å². The lowest BCUT2D eigenvalue weighted by Crippen LogP contribution is -2.47. The largest absolute Gasteiger partial charge is 0.405 e. The molecule has 1 aromatic heterocycles. The maximum Gasteiger partial charge on any atom is 0.405 e. The van der Waals surface area contributed by atoms with E-state index in [4.69, 9.17) is 0 Å². The zero-order valence-corrected chi connectivity index (χ0v) is 22.2. The average Bonchev–Trinajstić information content (AvgIpc) is 3.26. The topological polar surface area (TPSA) is 74.3 Å². The number of aromatic nitrogens is 1. The number of halogens is 3. The van der Waals surface area contributed by atoms with E-state index >= 15 is 0 Å². The van der Waals surface area contributed by atoms with Gasteiger partial charge < -0.3 is 15.5 Å². The van der Waals surface area contributed by atoms with Crippen LogP contribution >= 0.6 is 0 Å². The smallest absolute Gasteiger partial charge is 0.348 e. The number of hydrogen-bond donors (Lipinski definition) is 2. The van der Waals surface area contributed by atoms with Crippen molar-refractivity contribution < 1.29 is 22.8 Å². The number of unbranched alkanes of at least 4 members (excludes halogenated alkanes) is 1. The summed E-state index contributed by atoms with van der Waals surface area (Å²) in [7, 11) is 0. The van der Waals surface area contributed by atoms with E-state index in [1.165, 1.54) is 0 Å². The van der Waals surface area contributed by atoms with E-state index in [9.17, 15) is 22.8 Å². The van der Waals surface area contributed by atoms with Crippen LogP contribution in [-0.4, -0.2) is 60.1 Å². The number of alkyl halides is 3. The summed E-state index contributed by atoms with van der Waals surface area (Å²) in [6, 6.07) is 20.4. The highest BCUT2D eigenvalue weighted by Gasteiger charge is 2.49. The van der Waals surface area contributed by atoms with Crippen LogP contribution in [0.1, 0.15) is 53.7 Å². The van der Waals surface area contributed by atoms with Gasteiger partial charge in [-0.3, -0.25) is 14.6 Å². The number of nitrogens with one attached hydrogen (secondary N) is 2. The minimum absolute atomic E-state index is 0.0952. The Labute approximate surface area is 232 Å². The van der Waals surface area contributed by atoms with Crippen LogP contribution in [0.3, 0.4) is 0 Å². The molecule has 210 valence electrons. The summed E-state index contributed by atoms with van der Waals surface area (Å²) >= 11 is 0. The summed E-state index contributed by atoms with van der Waals surface area (Å²) < 4.78 is 39.2. The summed E-state index contributed by atoms with van der Waals surface area (Å²) in [5.74, 6) is -0.767. The number of hydrogen-bond acceptors (Lipinski definition) is 4. The quantitative estimate of drug-likeness (QED) is 0.364. The van der Waals surface area contributed by atoms with Crippen molar-refractivity contribution in [1.82, 2.24) is 20.5 Å². The van der Waals surface area contributed by atoms with Gasteiger partial charge in [-0.2, -0.15) is 13.2 Å². The number of piperidine rings is 1. The molecule has 1 fully saturated rings. The van der Waals surface area contributed by atoms with Crippen LogP contribution in [0.25, 0.3) is 11.1 Å². The highest BCUT2D eigenvalue weighted by atomic mass is 19.4. The Bertz CT molecular complexity index is 1290. The molecule has 0 saturated carbocycles. The Hall–Kier alpha value is -3.72. The van der Waals surface area contributed by atoms with Gasteiger partial charge in [-0.25, -0.2) is 0 Å². The van der Waals surface area contributed by atoms with Crippen LogP contribution < -0.4 is 10.6 Å². The third-order valence-electron chi connectivity index (χ3n) is 8.00. The first kappa shape index (κ1) is 27.8. The molecular formula is C31H33F3N4O2. The van der Waals surface area contributed by atoms with Crippen molar-refractivity contribution in [3.05, 3.63) is 89.7 Å². The minimum atomic E-state index is -4.49. The Morgan fingerprint density at radius 1 is 0.900 bits per heavy atom. The van der Waals surface area contributed by atoms with Crippen LogP contribution in [0, 0.1) is 0 Å². The lowest BCUT2D eigenvalue weighted by atomic mass is 9.73. The number of benzene rings is 2. The summed E-state index contributed by atoms with van der Waals surface area (Å²) in [6.07, 6.45) is 0.692. The molecule has 2 amide bonds. The number of fused-ring (bicyclic) bond motifs is 3. The fourth-order valence-corrected chi connectivity index (χ4v) is 6.07. The number of likely N-dealkylation sites (tertiary alicyclic amines) is 1. The van der Waals surface area contributed by atoms with Crippen molar-refractivity contribution in [2.24, 2.45) is 0 Å². The molecule has 2 aliphatic rings. The van der Waals surface area contributed by atoms with E-state index in [1.807, 2.05) is 48.5 Å². The maximum absolute atomic E-state index is 13.6. The fraction of sp³-hybridized carbons (Fsp3) is 0.387. The van der Waals surface area contributed by atoms with Gasteiger partial charge >= 0.3 is 6.18 Å². The molecule has 2 N–H and O–H groups in total. The van der Waals surface area contributed by atoms with Crippen LogP contribution in [-0.2, 0) is 10.2 Å². The van der Waals surface area contributed by atoms with Crippen LogP contribution in [0.5, 0.6) is 0 Å². The second-order valence-electron chi connectivity index (χ2n) is 10.6. The highest BCUT2D eigenvalue weighted by Crippen LogP contribution is 2.51. The molecule has 0 bridgehead atoms. The molecule has 1 aliphatic heterocycles. The van der Waals surface area contributed by atoms with Crippen molar-refractivity contribution >= 4 is 11.8 Å². The van der Waals surface area contributed by atoms with E-state index < -0.39 is 24.0 Å². The molecule has 1 aliphatic carbocycles. The highest BCUT2D eigenvalue weighted by molar-refractivity contribution is 6.00. The monoisotopic (exact) mass is 550 g/mol. The van der Waals surface area contributed by atoms with Crippen molar-refractivity contribution in [1.29, 1.82) is 0 Å². The summed E-state index contributed by atoms with van der Waals surface area (Å²) in [4.78, 5) is 32.5. The lowest BCUT2D eigenvalue weighted by Gasteiger charge is -2.33. The van der Waals surface area contributed by atoms with E-state index in [2.05, 4.69) is 20.5 Å².